The van der Waals surface area contributed by atoms with E-state index in [1.807, 2.05) is 13.8 Å². The van der Waals surface area contributed by atoms with Crippen molar-refractivity contribution >= 4 is 5.97 Å². The summed E-state index contributed by atoms with van der Waals surface area (Å²) < 4.78 is 5.02. The van der Waals surface area contributed by atoms with Crippen molar-refractivity contribution < 1.29 is 9.53 Å². The lowest BCUT2D eigenvalue weighted by Gasteiger charge is -2.05. The zero-order valence-electron chi connectivity index (χ0n) is 10.2. The second kappa shape index (κ2) is 8.27. The molecule has 1 unspecified atom stereocenters. The topological polar surface area (TPSA) is 26.3 Å². The molecule has 0 aromatic heterocycles. The molecule has 0 amide bonds. The number of hydrogen-bond acceptors (Lipinski definition) is 2. The van der Waals surface area contributed by atoms with Crippen LogP contribution in [0.4, 0.5) is 0 Å². The van der Waals surface area contributed by atoms with Crippen LogP contribution in [0.3, 0.4) is 0 Å². The van der Waals surface area contributed by atoms with E-state index in [9.17, 15) is 4.79 Å². The highest BCUT2D eigenvalue weighted by Crippen LogP contribution is 2.07. The van der Waals surface area contributed by atoms with Gasteiger partial charge < -0.3 is 4.74 Å². The number of carbonyl (C=O) groups excluding carboxylic acids is 1. The standard InChI is InChI=1S/C13H22O2/c1-5-7-11(3)8-9-12(4)10-15-13(14)6-2/h5,7,9,11H,6,8,10H2,1-4H3/b7-5+,12-9+. The van der Waals surface area contributed by atoms with Gasteiger partial charge in [0.15, 0.2) is 0 Å². The lowest BCUT2D eigenvalue weighted by atomic mass is 10.1. The highest BCUT2D eigenvalue weighted by molar-refractivity contribution is 5.69. The largest absolute Gasteiger partial charge is 0.461 e. The van der Waals surface area contributed by atoms with Crippen LogP contribution < -0.4 is 0 Å². The number of rotatable bonds is 6. The average Bonchev–Trinajstić information content (AvgIpc) is 2.23. The van der Waals surface area contributed by atoms with Crippen LogP contribution in [-0.2, 0) is 9.53 Å². The summed E-state index contributed by atoms with van der Waals surface area (Å²) in [5, 5.41) is 0. The predicted octanol–water partition coefficient (Wildman–Crippen LogP) is 3.49. The first-order valence-corrected chi connectivity index (χ1v) is 5.54. The van der Waals surface area contributed by atoms with E-state index >= 15 is 0 Å². The number of hydrogen-bond donors (Lipinski definition) is 0. The summed E-state index contributed by atoms with van der Waals surface area (Å²) in [6.45, 7) is 8.41. The van der Waals surface area contributed by atoms with Crippen molar-refractivity contribution in [3.05, 3.63) is 23.8 Å². The van der Waals surface area contributed by atoms with Crippen LogP contribution >= 0.6 is 0 Å². The fraction of sp³-hybridized carbons (Fsp3) is 0.615. The molecule has 1 atom stereocenters. The number of carbonyl (C=O) groups is 1. The summed E-state index contributed by atoms with van der Waals surface area (Å²) in [5.74, 6) is 0.413. The van der Waals surface area contributed by atoms with Crippen molar-refractivity contribution in [2.45, 2.75) is 40.5 Å². The fourth-order valence-corrected chi connectivity index (χ4v) is 1.15. The maximum Gasteiger partial charge on any atom is 0.305 e. The third kappa shape index (κ3) is 7.98. The Morgan fingerprint density at radius 3 is 2.67 bits per heavy atom. The Morgan fingerprint density at radius 1 is 1.47 bits per heavy atom. The van der Waals surface area contributed by atoms with Gasteiger partial charge in [-0.2, -0.15) is 0 Å². The van der Waals surface area contributed by atoms with E-state index in [-0.39, 0.29) is 5.97 Å². The first-order chi connectivity index (χ1) is 7.10. The Labute approximate surface area is 93.0 Å². The van der Waals surface area contributed by atoms with Gasteiger partial charge in [0.25, 0.3) is 0 Å². The van der Waals surface area contributed by atoms with Crippen LogP contribution in [0.5, 0.6) is 0 Å². The van der Waals surface area contributed by atoms with Crippen LogP contribution in [-0.4, -0.2) is 12.6 Å². The molecular formula is C13H22O2. The smallest absolute Gasteiger partial charge is 0.305 e. The number of allylic oxidation sites excluding steroid dienone is 3. The Balaban J connectivity index is 3.83. The molecule has 0 aliphatic rings. The van der Waals surface area contributed by atoms with E-state index in [0.717, 1.165) is 12.0 Å². The number of ether oxygens (including phenoxy) is 1. The van der Waals surface area contributed by atoms with Gasteiger partial charge in [-0.3, -0.25) is 4.79 Å². The molecule has 0 radical (unpaired) electrons. The molecule has 0 aromatic rings. The van der Waals surface area contributed by atoms with E-state index in [1.54, 1.807) is 6.92 Å². The summed E-state index contributed by atoms with van der Waals surface area (Å²) in [6.07, 6.45) is 7.81. The second-order valence-electron chi connectivity index (χ2n) is 3.80. The minimum Gasteiger partial charge on any atom is -0.461 e. The maximum absolute atomic E-state index is 10.9. The quantitative estimate of drug-likeness (QED) is 0.495. The molecule has 0 saturated heterocycles. The van der Waals surface area contributed by atoms with Gasteiger partial charge in [-0.05, 0) is 31.8 Å². The van der Waals surface area contributed by atoms with Crippen molar-refractivity contribution in [3.63, 3.8) is 0 Å². The molecule has 0 aliphatic carbocycles. The highest BCUT2D eigenvalue weighted by Gasteiger charge is 1.99. The monoisotopic (exact) mass is 210 g/mol. The molecule has 0 N–H and O–H groups in total. The van der Waals surface area contributed by atoms with Crippen molar-refractivity contribution in [1.82, 2.24) is 0 Å². The summed E-state index contributed by atoms with van der Waals surface area (Å²) in [5.41, 5.74) is 1.12. The molecule has 0 bridgehead atoms. The molecule has 2 heteroatoms. The maximum atomic E-state index is 10.9. The van der Waals surface area contributed by atoms with Gasteiger partial charge in [0, 0.05) is 6.42 Å². The van der Waals surface area contributed by atoms with Crippen LogP contribution in [0, 0.1) is 5.92 Å². The van der Waals surface area contributed by atoms with Gasteiger partial charge in [-0.1, -0.05) is 32.1 Å². The SMILES string of the molecule is C/C=C/C(C)C/C=C(\C)COC(=O)CC. The Kier molecular flexibility index (Phi) is 7.69. The van der Waals surface area contributed by atoms with Gasteiger partial charge in [0.1, 0.15) is 6.61 Å². The van der Waals surface area contributed by atoms with E-state index in [0.29, 0.717) is 18.9 Å². The zero-order valence-corrected chi connectivity index (χ0v) is 10.2. The molecule has 0 aromatic carbocycles. The first-order valence-electron chi connectivity index (χ1n) is 5.54. The lowest BCUT2D eigenvalue weighted by molar-refractivity contribution is -0.142. The Bertz CT molecular complexity index is 239. The molecule has 86 valence electrons. The van der Waals surface area contributed by atoms with Gasteiger partial charge in [0.2, 0.25) is 0 Å². The van der Waals surface area contributed by atoms with E-state index in [1.165, 1.54) is 0 Å². The van der Waals surface area contributed by atoms with E-state index < -0.39 is 0 Å². The van der Waals surface area contributed by atoms with Gasteiger partial charge in [-0.15, -0.1) is 0 Å². The summed E-state index contributed by atoms with van der Waals surface area (Å²) >= 11 is 0. The van der Waals surface area contributed by atoms with Crippen molar-refractivity contribution in [1.29, 1.82) is 0 Å². The van der Waals surface area contributed by atoms with Gasteiger partial charge in [-0.25, -0.2) is 0 Å². The summed E-state index contributed by atoms with van der Waals surface area (Å²) in [6, 6.07) is 0. The zero-order chi connectivity index (χ0) is 11.7. The molecule has 15 heavy (non-hydrogen) atoms. The normalized spacial score (nSPS) is 14.3. The van der Waals surface area contributed by atoms with Gasteiger partial charge in [0.05, 0.1) is 0 Å². The molecule has 0 spiro atoms. The minimum absolute atomic E-state index is 0.135. The molecule has 0 saturated carbocycles. The first kappa shape index (κ1) is 13.9. The second-order valence-corrected chi connectivity index (χ2v) is 3.80. The molecular weight excluding hydrogens is 188 g/mol. The molecule has 2 nitrogen and oxygen atoms in total. The fourth-order valence-electron chi connectivity index (χ4n) is 1.15. The summed E-state index contributed by atoms with van der Waals surface area (Å²) in [4.78, 5) is 10.9. The third-order valence-corrected chi connectivity index (χ3v) is 2.11. The van der Waals surface area contributed by atoms with Crippen LogP contribution in [0.2, 0.25) is 0 Å². The summed E-state index contributed by atoms with van der Waals surface area (Å²) in [7, 11) is 0. The molecule has 0 fully saturated rings. The average molecular weight is 210 g/mol. The van der Waals surface area contributed by atoms with Gasteiger partial charge >= 0.3 is 5.97 Å². The van der Waals surface area contributed by atoms with Crippen LogP contribution in [0.15, 0.2) is 23.8 Å². The number of esters is 1. The highest BCUT2D eigenvalue weighted by atomic mass is 16.5. The van der Waals surface area contributed by atoms with E-state index in [4.69, 9.17) is 4.74 Å². The predicted molar refractivity (Wildman–Crippen MR) is 63.6 cm³/mol. The molecule has 0 rings (SSSR count). The Hall–Kier alpha value is -1.05. The van der Waals surface area contributed by atoms with Crippen molar-refractivity contribution in [2.75, 3.05) is 6.61 Å². The molecule has 0 aliphatic heterocycles. The molecule has 0 heterocycles. The Morgan fingerprint density at radius 2 is 2.13 bits per heavy atom. The van der Waals surface area contributed by atoms with E-state index in [2.05, 4.69) is 25.2 Å². The third-order valence-electron chi connectivity index (χ3n) is 2.11. The van der Waals surface area contributed by atoms with Crippen LogP contribution in [0.25, 0.3) is 0 Å². The van der Waals surface area contributed by atoms with Crippen molar-refractivity contribution in [2.24, 2.45) is 5.92 Å². The minimum atomic E-state index is -0.135. The lowest BCUT2D eigenvalue weighted by Crippen LogP contribution is -2.04. The van der Waals surface area contributed by atoms with Crippen LogP contribution in [0.1, 0.15) is 40.5 Å². The van der Waals surface area contributed by atoms with Crippen molar-refractivity contribution in [3.8, 4) is 0 Å².